The van der Waals surface area contributed by atoms with Gasteiger partial charge in [-0.2, -0.15) is 0 Å². The molecule has 1 aliphatic rings. The lowest BCUT2D eigenvalue weighted by Crippen LogP contribution is -2.57. The van der Waals surface area contributed by atoms with Gasteiger partial charge in [-0.1, -0.05) is 108 Å². The van der Waals surface area contributed by atoms with E-state index >= 15 is 0 Å². The number of hydrogen-bond donors (Lipinski definition) is 3. The summed E-state index contributed by atoms with van der Waals surface area (Å²) in [5.41, 5.74) is 4.73. The van der Waals surface area contributed by atoms with E-state index in [0.717, 1.165) is 38.7 Å². The Balaban J connectivity index is 1.41. The van der Waals surface area contributed by atoms with Crippen LogP contribution in [0.4, 0.5) is 14.4 Å². The van der Waals surface area contributed by atoms with E-state index in [1.165, 1.54) is 7.11 Å². The molecule has 3 N–H and O–H groups in total. The number of benzene rings is 2. The number of nitrogens with zero attached hydrogens (tertiary/aromatic N) is 5. The van der Waals surface area contributed by atoms with Crippen molar-refractivity contribution in [3.63, 3.8) is 0 Å². The maximum atomic E-state index is 14.5. The van der Waals surface area contributed by atoms with Gasteiger partial charge in [0.05, 0.1) is 37.2 Å². The largest absolute Gasteiger partial charge is 0.452 e. The molecule has 0 saturated carbocycles. The predicted molar refractivity (Wildman–Crippen MR) is 232 cm³/mol. The minimum atomic E-state index is -1.16. The Bertz CT molecular complexity index is 2030. The molecule has 1 fully saturated rings. The maximum absolute atomic E-state index is 14.5. The fourth-order valence-electron chi connectivity index (χ4n) is 7.57. The second kappa shape index (κ2) is 20.9. The molecule has 2 aromatic heterocycles. The number of hydrogen-bond acceptors (Lipinski definition) is 8. The summed E-state index contributed by atoms with van der Waals surface area (Å²) in [6.45, 7) is 12.9. The Morgan fingerprint density at radius 3 is 2.23 bits per heavy atom. The van der Waals surface area contributed by atoms with E-state index in [2.05, 4.69) is 20.6 Å². The van der Waals surface area contributed by atoms with Crippen LogP contribution in [0.5, 0.6) is 0 Å². The molecule has 2 aromatic carbocycles. The number of carbonyl (C=O) groups is 4. The number of urea groups is 2. The highest BCUT2D eigenvalue weighted by molar-refractivity contribution is 5.91. The van der Waals surface area contributed by atoms with Crippen LogP contribution in [-0.2, 0) is 28.9 Å². The number of methoxy groups -OCH3 is 1. The Kier molecular flexibility index (Phi) is 15.8. The zero-order chi connectivity index (χ0) is 43.4. The van der Waals surface area contributed by atoms with Crippen LogP contribution < -0.4 is 10.6 Å². The van der Waals surface area contributed by atoms with Gasteiger partial charge >= 0.3 is 18.2 Å². The zero-order valence-electron chi connectivity index (χ0n) is 36.0. The Labute approximate surface area is 354 Å². The summed E-state index contributed by atoms with van der Waals surface area (Å²) in [5.74, 6) is -0.547. The van der Waals surface area contributed by atoms with Gasteiger partial charge in [-0.05, 0) is 72.9 Å². The molecule has 0 aliphatic carbocycles. The molecule has 5 atom stereocenters. The molecule has 0 spiro atoms. The third-order valence-electron chi connectivity index (χ3n) is 10.8. The topological polar surface area (TPSA) is 157 Å². The average Bonchev–Trinajstić information content (AvgIpc) is 3.57. The van der Waals surface area contributed by atoms with Crippen LogP contribution in [0.1, 0.15) is 70.0 Å². The lowest BCUT2D eigenvalue weighted by Gasteiger charge is -2.35. The predicted octanol–water partition coefficient (Wildman–Crippen LogP) is 7.02. The lowest BCUT2D eigenvalue weighted by molar-refractivity contribution is -0.128. The first kappa shape index (κ1) is 45.3. The molecule has 6 amide bonds. The fourth-order valence-corrected chi connectivity index (χ4v) is 7.57. The number of aromatic nitrogens is 2. The van der Waals surface area contributed by atoms with Gasteiger partial charge in [-0.3, -0.25) is 14.8 Å². The summed E-state index contributed by atoms with van der Waals surface area (Å²) in [4.78, 5) is 68.7. The van der Waals surface area contributed by atoms with Gasteiger partial charge in [0.2, 0.25) is 5.91 Å². The summed E-state index contributed by atoms with van der Waals surface area (Å²) < 4.78 is 4.99. The summed E-state index contributed by atoms with van der Waals surface area (Å²) in [6.07, 6.45) is 1.06. The van der Waals surface area contributed by atoms with Crippen LogP contribution in [0, 0.1) is 18.3 Å². The number of aliphatic hydroxyl groups excluding tert-OH is 1. The first-order chi connectivity index (χ1) is 28.6. The van der Waals surface area contributed by atoms with Crippen LogP contribution >= 0.6 is 0 Å². The van der Waals surface area contributed by atoms with E-state index in [0.29, 0.717) is 32.5 Å². The van der Waals surface area contributed by atoms with Gasteiger partial charge in [-0.25, -0.2) is 19.3 Å². The minimum absolute atomic E-state index is 0.0317. The molecule has 320 valence electrons. The molecule has 13 heteroatoms. The molecule has 1 saturated heterocycles. The van der Waals surface area contributed by atoms with Crippen LogP contribution in [-0.4, -0.2) is 105 Å². The molecule has 0 bridgehead atoms. The average molecular weight is 820 g/mol. The highest BCUT2D eigenvalue weighted by Crippen LogP contribution is 2.25. The summed E-state index contributed by atoms with van der Waals surface area (Å²) in [5, 5.41) is 18.4. The third kappa shape index (κ3) is 12.6. The molecular formula is C47H61N7O6. The highest BCUT2D eigenvalue weighted by atomic mass is 16.5. The maximum Gasteiger partial charge on any atom is 0.417 e. The number of aryl methyl sites for hydroxylation is 1. The zero-order valence-corrected chi connectivity index (χ0v) is 36.0. The number of pyridine rings is 2. The fraction of sp³-hybridized carbons (Fsp3) is 0.447. The second-order valence-electron chi connectivity index (χ2n) is 17.0. The lowest BCUT2D eigenvalue weighted by atomic mass is 9.92. The van der Waals surface area contributed by atoms with Crippen LogP contribution in [0.25, 0.3) is 11.3 Å². The molecule has 5 unspecified atom stereocenters. The number of amides is 6. The van der Waals surface area contributed by atoms with E-state index < -0.39 is 41.8 Å². The smallest absolute Gasteiger partial charge is 0.417 e. The van der Waals surface area contributed by atoms with Crippen molar-refractivity contribution in [2.75, 3.05) is 26.7 Å². The Hall–Kier alpha value is -5.82. The van der Waals surface area contributed by atoms with Gasteiger partial charge in [0.25, 0.3) is 0 Å². The first-order valence-electron chi connectivity index (χ1n) is 20.8. The van der Waals surface area contributed by atoms with Crippen molar-refractivity contribution in [3.05, 3.63) is 120 Å². The molecule has 5 rings (SSSR count). The second-order valence-corrected chi connectivity index (χ2v) is 17.0. The summed E-state index contributed by atoms with van der Waals surface area (Å²) in [6, 6.07) is 25.7. The molecule has 4 aromatic rings. The number of nitrogens with one attached hydrogen (secondary N) is 2. The molecule has 13 nitrogen and oxygen atoms in total. The van der Waals surface area contributed by atoms with E-state index in [9.17, 15) is 24.3 Å². The Morgan fingerprint density at radius 1 is 0.900 bits per heavy atom. The third-order valence-corrected chi connectivity index (χ3v) is 10.8. The molecular weight excluding hydrogens is 759 g/mol. The van der Waals surface area contributed by atoms with Gasteiger partial charge in [0, 0.05) is 43.1 Å². The van der Waals surface area contributed by atoms with Gasteiger partial charge < -0.3 is 30.3 Å². The van der Waals surface area contributed by atoms with Gasteiger partial charge in [0.15, 0.2) is 0 Å². The van der Waals surface area contributed by atoms with Crippen molar-refractivity contribution < 1.29 is 29.0 Å². The van der Waals surface area contributed by atoms with Crippen LogP contribution in [0.15, 0.2) is 97.2 Å². The standard InChI is InChI=1S/C47H61N7O6/c1-8-32(2)42(53-26-25-52(45(53)58)30-37-18-14-15-33(3)49-37)43(56)51-40(28-34-16-10-9-11-17-34)41(55)29-38(50-44(57)54(46(59)60-7)31-47(4,5)6)27-35-20-22-36(23-21-35)39-19-12-13-24-48-39/h9-24,32,38,40-42,55H,8,25-31H2,1-7H3,(H,50,57)(H,51,56). The number of ether oxygens (including phenoxy) is 1. The monoisotopic (exact) mass is 819 g/mol. The van der Waals surface area contributed by atoms with Gasteiger partial charge in [0.1, 0.15) is 6.04 Å². The molecule has 1 aliphatic heterocycles. The quantitative estimate of drug-likeness (QED) is 0.103. The highest BCUT2D eigenvalue weighted by Gasteiger charge is 2.41. The van der Waals surface area contributed by atoms with E-state index in [1.807, 2.05) is 133 Å². The van der Waals surface area contributed by atoms with Crippen molar-refractivity contribution in [2.24, 2.45) is 11.3 Å². The van der Waals surface area contributed by atoms with Crippen molar-refractivity contribution >= 4 is 24.1 Å². The van der Waals surface area contributed by atoms with E-state index in [1.54, 1.807) is 16.0 Å². The Morgan fingerprint density at radius 2 is 1.60 bits per heavy atom. The van der Waals surface area contributed by atoms with Crippen molar-refractivity contribution in [1.29, 1.82) is 0 Å². The number of aliphatic hydroxyl groups is 1. The van der Waals surface area contributed by atoms with Gasteiger partial charge in [-0.15, -0.1) is 0 Å². The first-order valence-corrected chi connectivity index (χ1v) is 20.8. The van der Waals surface area contributed by atoms with Crippen LogP contribution in [0.3, 0.4) is 0 Å². The summed E-state index contributed by atoms with van der Waals surface area (Å²) in [7, 11) is 1.23. The van der Waals surface area contributed by atoms with Crippen molar-refractivity contribution in [1.82, 2.24) is 35.3 Å². The van der Waals surface area contributed by atoms with Crippen molar-refractivity contribution in [2.45, 2.75) is 98.0 Å². The molecule has 0 radical (unpaired) electrons. The van der Waals surface area contributed by atoms with E-state index in [4.69, 9.17) is 4.74 Å². The van der Waals surface area contributed by atoms with E-state index in [-0.39, 0.29) is 37.2 Å². The minimum Gasteiger partial charge on any atom is -0.452 e. The molecule has 3 heterocycles. The normalized spacial score (nSPS) is 15.4. The SMILES string of the molecule is CCC(C)C(C(=O)NC(Cc1ccccc1)C(O)CC(Cc1ccc(-c2ccccn2)cc1)NC(=O)N(CC(C)(C)C)C(=O)OC)N1CCN(Cc2cccc(C)n2)C1=O. The number of carbonyl (C=O) groups excluding carboxylic acids is 4. The molecule has 60 heavy (non-hydrogen) atoms. The summed E-state index contributed by atoms with van der Waals surface area (Å²) >= 11 is 0. The van der Waals surface area contributed by atoms with Crippen LogP contribution in [0.2, 0.25) is 0 Å². The number of rotatable bonds is 17. The number of imide groups is 1. The van der Waals surface area contributed by atoms with Crippen molar-refractivity contribution in [3.8, 4) is 11.3 Å².